The molecule has 1 heterocycles. The van der Waals surface area contributed by atoms with Gasteiger partial charge in [0.1, 0.15) is 5.82 Å². The van der Waals surface area contributed by atoms with Crippen LogP contribution in [0.15, 0.2) is 48.5 Å². The minimum Gasteiger partial charge on any atom is -0.396 e. The zero-order valence-corrected chi connectivity index (χ0v) is 10.6. The van der Waals surface area contributed by atoms with E-state index >= 15 is 0 Å². The molecule has 5 nitrogen and oxygen atoms in total. The molecule has 0 atom stereocenters. The highest BCUT2D eigenvalue weighted by atomic mass is 19.1. The van der Waals surface area contributed by atoms with Crippen LogP contribution in [0.1, 0.15) is 5.56 Å². The summed E-state index contributed by atoms with van der Waals surface area (Å²) in [6.45, 7) is 0.344. The Bertz CT molecular complexity index is 723. The molecule has 20 heavy (non-hydrogen) atoms. The number of nitrogens with two attached hydrogens (primary N) is 1. The van der Waals surface area contributed by atoms with E-state index in [-0.39, 0.29) is 5.69 Å². The van der Waals surface area contributed by atoms with E-state index in [0.29, 0.717) is 12.4 Å². The molecule has 100 valence electrons. The number of rotatable bonds is 3. The molecule has 0 amide bonds. The molecule has 3 rings (SSSR count). The van der Waals surface area contributed by atoms with Crippen molar-refractivity contribution in [3.63, 3.8) is 0 Å². The fourth-order valence-corrected chi connectivity index (χ4v) is 1.85. The van der Waals surface area contributed by atoms with Crippen LogP contribution < -0.4 is 5.73 Å². The zero-order chi connectivity index (χ0) is 13.9. The Morgan fingerprint density at radius 1 is 1.10 bits per heavy atom. The van der Waals surface area contributed by atoms with Crippen molar-refractivity contribution < 1.29 is 4.39 Å². The molecule has 0 aliphatic carbocycles. The van der Waals surface area contributed by atoms with E-state index in [1.807, 2.05) is 30.3 Å². The van der Waals surface area contributed by atoms with Crippen LogP contribution >= 0.6 is 0 Å². The van der Waals surface area contributed by atoms with Crippen molar-refractivity contribution in [3.8, 4) is 11.4 Å². The molecule has 0 bridgehead atoms. The Morgan fingerprint density at radius 3 is 2.65 bits per heavy atom. The molecule has 0 unspecified atom stereocenters. The van der Waals surface area contributed by atoms with Crippen molar-refractivity contribution in [2.45, 2.75) is 6.54 Å². The molecule has 0 radical (unpaired) electrons. The van der Waals surface area contributed by atoms with E-state index in [2.05, 4.69) is 15.4 Å². The molecule has 2 N–H and O–H groups in total. The lowest BCUT2D eigenvalue weighted by atomic mass is 10.2. The third kappa shape index (κ3) is 2.49. The molecule has 3 aromatic rings. The lowest BCUT2D eigenvalue weighted by molar-refractivity contribution is 0.567. The van der Waals surface area contributed by atoms with Crippen molar-refractivity contribution in [1.82, 2.24) is 20.2 Å². The van der Waals surface area contributed by atoms with Crippen LogP contribution in [0, 0.1) is 5.82 Å². The Hall–Kier alpha value is -2.76. The Kier molecular flexibility index (Phi) is 3.12. The molecule has 0 saturated heterocycles. The summed E-state index contributed by atoms with van der Waals surface area (Å²) in [4.78, 5) is 1.42. The van der Waals surface area contributed by atoms with E-state index in [4.69, 9.17) is 5.73 Å². The fraction of sp³-hybridized carbons (Fsp3) is 0.0714. The third-order valence-corrected chi connectivity index (χ3v) is 2.87. The summed E-state index contributed by atoms with van der Waals surface area (Å²) in [6, 6.07) is 14.2. The second-order valence-corrected chi connectivity index (χ2v) is 4.37. The van der Waals surface area contributed by atoms with Gasteiger partial charge >= 0.3 is 0 Å². The topological polar surface area (TPSA) is 69.6 Å². The number of hydrogen-bond donors (Lipinski definition) is 1. The average Bonchev–Trinajstić information content (AvgIpc) is 2.92. The third-order valence-electron chi connectivity index (χ3n) is 2.87. The average molecular weight is 269 g/mol. The van der Waals surface area contributed by atoms with Gasteiger partial charge in [0.2, 0.25) is 5.82 Å². The van der Waals surface area contributed by atoms with Gasteiger partial charge in [-0.15, -0.1) is 10.2 Å². The van der Waals surface area contributed by atoms with E-state index < -0.39 is 5.82 Å². The summed E-state index contributed by atoms with van der Waals surface area (Å²) in [7, 11) is 0. The smallest absolute Gasteiger partial charge is 0.204 e. The maximum atomic E-state index is 13.4. The molecule has 1 aromatic heterocycles. The predicted molar refractivity (Wildman–Crippen MR) is 73.2 cm³/mol. The maximum Gasteiger partial charge on any atom is 0.204 e. The number of benzene rings is 2. The summed E-state index contributed by atoms with van der Waals surface area (Å²) in [5, 5.41) is 12.2. The van der Waals surface area contributed by atoms with Crippen molar-refractivity contribution in [1.29, 1.82) is 0 Å². The highest BCUT2D eigenvalue weighted by molar-refractivity contribution is 5.53. The van der Waals surface area contributed by atoms with Crippen molar-refractivity contribution in [3.05, 3.63) is 59.9 Å². The van der Waals surface area contributed by atoms with Crippen molar-refractivity contribution in [2.24, 2.45) is 0 Å². The highest BCUT2D eigenvalue weighted by Gasteiger charge is 2.06. The normalized spacial score (nSPS) is 10.7. The Morgan fingerprint density at radius 2 is 1.90 bits per heavy atom. The number of nitrogens with zero attached hydrogens (tertiary/aromatic N) is 4. The Labute approximate surface area is 114 Å². The molecular formula is C14H12FN5. The number of halogens is 1. The van der Waals surface area contributed by atoms with E-state index in [9.17, 15) is 4.39 Å². The second-order valence-electron chi connectivity index (χ2n) is 4.37. The van der Waals surface area contributed by atoms with Gasteiger partial charge in [0.15, 0.2) is 0 Å². The summed E-state index contributed by atoms with van der Waals surface area (Å²) in [5.41, 5.74) is 7.19. The highest BCUT2D eigenvalue weighted by Crippen LogP contribution is 2.14. The van der Waals surface area contributed by atoms with E-state index in [0.717, 1.165) is 11.1 Å². The monoisotopic (exact) mass is 269 g/mol. The molecular weight excluding hydrogens is 257 g/mol. The summed E-state index contributed by atoms with van der Waals surface area (Å²) < 4.78 is 13.4. The fourth-order valence-electron chi connectivity index (χ4n) is 1.85. The predicted octanol–water partition coefficient (Wildman–Crippen LogP) is 2.11. The zero-order valence-electron chi connectivity index (χ0n) is 10.6. The molecule has 0 aliphatic rings. The van der Waals surface area contributed by atoms with Gasteiger partial charge in [-0.1, -0.05) is 36.4 Å². The summed E-state index contributed by atoms with van der Waals surface area (Å²) in [6.07, 6.45) is 0. The van der Waals surface area contributed by atoms with Crippen molar-refractivity contribution in [2.75, 3.05) is 5.73 Å². The van der Waals surface area contributed by atoms with Crippen LogP contribution in [-0.4, -0.2) is 20.2 Å². The van der Waals surface area contributed by atoms with Gasteiger partial charge in [-0.3, -0.25) is 0 Å². The van der Waals surface area contributed by atoms with Gasteiger partial charge in [0.05, 0.1) is 12.2 Å². The minimum absolute atomic E-state index is 0.130. The Balaban J connectivity index is 1.82. The lowest BCUT2D eigenvalue weighted by Crippen LogP contribution is -2.05. The molecule has 0 aliphatic heterocycles. The van der Waals surface area contributed by atoms with E-state index in [1.54, 1.807) is 6.07 Å². The van der Waals surface area contributed by atoms with Gasteiger partial charge in [-0.2, -0.15) is 4.80 Å². The first-order valence-electron chi connectivity index (χ1n) is 6.09. The van der Waals surface area contributed by atoms with Gasteiger partial charge in [0, 0.05) is 5.56 Å². The molecule has 2 aromatic carbocycles. The molecule has 0 saturated carbocycles. The molecule has 0 fully saturated rings. The van der Waals surface area contributed by atoms with Crippen LogP contribution in [0.25, 0.3) is 11.4 Å². The van der Waals surface area contributed by atoms with Crippen LogP contribution in [0.5, 0.6) is 0 Å². The number of anilines is 1. The first kappa shape index (κ1) is 12.3. The summed E-state index contributed by atoms with van der Waals surface area (Å²) >= 11 is 0. The lowest BCUT2D eigenvalue weighted by Gasteiger charge is -2.01. The van der Waals surface area contributed by atoms with Gasteiger partial charge in [-0.05, 0) is 22.9 Å². The van der Waals surface area contributed by atoms with E-state index in [1.165, 1.54) is 16.9 Å². The van der Waals surface area contributed by atoms with Crippen LogP contribution in [0.3, 0.4) is 0 Å². The second kappa shape index (κ2) is 5.08. The number of hydrogen-bond acceptors (Lipinski definition) is 4. The molecule has 0 spiro atoms. The van der Waals surface area contributed by atoms with Gasteiger partial charge in [0.25, 0.3) is 0 Å². The largest absolute Gasteiger partial charge is 0.396 e. The molecule has 6 heteroatoms. The minimum atomic E-state index is -0.439. The maximum absolute atomic E-state index is 13.4. The van der Waals surface area contributed by atoms with Gasteiger partial charge in [-0.25, -0.2) is 4.39 Å². The SMILES string of the molecule is Nc1ccc(Cn2nnc(-c3ccccc3)n2)cc1F. The first-order valence-corrected chi connectivity index (χ1v) is 6.09. The van der Waals surface area contributed by atoms with Crippen LogP contribution in [0.4, 0.5) is 10.1 Å². The standard InChI is InChI=1S/C14H12FN5/c15-12-8-10(6-7-13(12)16)9-20-18-14(17-19-20)11-4-2-1-3-5-11/h1-8H,9,16H2. The number of nitrogen functional groups attached to an aromatic ring is 1. The number of aromatic nitrogens is 4. The van der Waals surface area contributed by atoms with Crippen LogP contribution in [0.2, 0.25) is 0 Å². The number of tetrazole rings is 1. The van der Waals surface area contributed by atoms with Crippen molar-refractivity contribution >= 4 is 5.69 Å². The summed E-state index contributed by atoms with van der Waals surface area (Å²) in [5.74, 6) is 0.104. The van der Waals surface area contributed by atoms with Gasteiger partial charge < -0.3 is 5.73 Å². The van der Waals surface area contributed by atoms with Crippen LogP contribution in [-0.2, 0) is 6.54 Å². The quantitative estimate of drug-likeness (QED) is 0.739. The first-order chi connectivity index (χ1) is 9.72.